The average molecular weight is 544 g/mol. The Morgan fingerprint density at radius 1 is 1.15 bits per heavy atom. The summed E-state index contributed by atoms with van der Waals surface area (Å²) in [6.07, 6.45) is 6.00. The van der Waals surface area contributed by atoms with Crippen LogP contribution in [0.15, 0.2) is 85.1 Å². The molecule has 0 radical (unpaired) electrons. The molecule has 0 aliphatic carbocycles. The van der Waals surface area contributed by atoms with Crippen LogP contribution in [0.2, 0.25) is 5.02 Å². The quantitative estimate of drug-likeness (QED) is 0.215. The third-order valence-electron chi connectivity index (χ3n) is 7.19. The normalized spacial score (nSPS) is 17.6. The molecule has 7 nitrogen and oxygen atoms in total. The summed E-state index contributed by atoms with van der Waals surface area (Å²) in [5.41, 5.74) is 2.55. The molecule has 4 N–H and O–H groups in total. The summed E-state index contributed by atoms with van der Waals surface area (Å²) < 4.78 is 0. The SMILES string of the molecule is C[C@H](/C=C/CCO)[C@@]1(O)C(=O)N(Cc2cccc(NC(=O)Cc3c[nH]c4ccccc34)c2)c2ccc(Cl)cc21. The highest BCUT2D eigenvalue weighted by atomic mass is 35.5. The second-order valence-corrected chi connectivity index (χ2v) is 10.3. The number of carbonyl (C=O) groups is 2. The van der Waals surface area contributed by atoms with Crippen molar-refractivity contribution in [2.45, 2.75) is 31.9 Å². The first-order valence-corrected chi connectivity index (χ1v) is 13.2. The fraction of sp³-hybridized carbons (Fsp3) is 0.226. The van der Waals surface area contributed by atoms with E-state index in [2.05, 4.69) is 10.3 Å². The molecule has 1 aliphatic heterocycles. The molecule has 3 aromatic carbocycles. The Bertz CT molecular complexity index is 1560. The zero-order valence-electron chi connectivity index (χ0n) is 21.5. The van der Waals surface area contributed by atoms with Crippen molar-refractivity contribution in [2.24, 2.45) is 5.92 Å². The van der Waals surface area contributed by atoms with E-state index in [-0.39, 0.29) is 25.5 Å². The van der Waals surface area contributed by atoms with E-state index in [0.717, 1.165) is 22.0 Å². The smallest absolute Gasteiger partial charge is 0.264 e. The molecule has 1 aliphatic rings. The summed E-state index contributed by atoms with van der Waals surface area (Å²) in [6, 6.07) is 20.3. The van der Waals surface area contributed by atoms with Crippen molar-refractivity contribution in [3.63, 3.8) is 0 Å². The third kappa shape index (κ3) is 5.21. The lowest BCUT2D eigenvalue weighted by Crippen LogP contribution is -2.44. The number of benzene rings is 3. The number of para-hydroxylation sites is 1. The predicted octanol–water partition coefficient (Wildman–Crippen LogP) is 5.31. The van der Waals surface area contributed by atoms with Gasteiger partial charge in [-0.15, -0.1) is 0 Å². The minimum atomic E-state index is -1.79. The van der Waals surface area contributed by atoms with Crippen LogP contribution in [0.4, 0.5) is 11.4 Å². The number of aliphatic hydroxyl groups excluding tert-OH is 1. The Hall–Kier alpha value is -3.91. The molecule has 8 heteroatoms. The highest BCUT2D eigenvalue weighted by molar-refractivity contribution is 6.31. The van der Waals surface area contributed by atoms with Crippen LogP contribution < -0.4 is 10.2 Å². The van der Waals surface area contributed by atoms with E-state index in [9.17, 15) is 14.7 Å². The maximum Gasteiger partial charge on any atom is 0.264 e. The van der Waals surface area contributed by atoms with Gasteiger partial charge >= 0.3 is 0 Å². The second kappa shape index (κ2) is 11.1. The van der Waals surface area contributed by atoms with Gasteiger partial charge in [-0.2, -0.15) is 0 Å². The number of aromatic nitrogens is 1. The van der Waals surface area contributed by atoms with Crippen LogP contribution >= 0.6 is 11.6 Å². The van der Waals surface area contributed by atoms with Crippen molar-refractivity contribution >= 4 is 45.7 Å². The second-order valence-electron chi connectivity index (χ2n) is 9.83. The van der Waals surface area contributed by atoms with Crippen molar-refractivity contribution < 1.29 is 19.8 Å². The Kier molecular flexibility index (Phi) is 7.57. The highest BCUT2D eigenvalue weighted by Crippen LogP contribution is 2.46. The van der Waals surface area contributed by atoms with E-state index < -0.39 is 17.4 Å². The zero-order valence-corrected chi connectivity index (χ0v) is 22.3. The standard InChI is InChI=1S/C31H30ClN3O4/c1-20(7-4-5-14-36)31(39)26-17-23(32)12-13-28(26)35(30(31)38)19-21-8-6-9-24(15-21)34-29(37)16-22-18-33-27-11-3-2-10-25(22)27/h2-4,6-13,15,17-18,20,33,36,39H,5,14,16,19H2,1H3,(H,34,37)/b7-4+/t20-,31+/m1/s1. The van der Waals surface area contributed by atoms with Crippen LogP contribution in [0.1, 0.15) is 30.0 Å². The van der Waals surface area contributed by atoms with E-state index in [1.807, 2.05) is 48.7 Å². The summed E-state index contributed by atoms with van der Waals surface area (Å²) in [7, 11) is 0. The summed E-state index contributed by atoms with van der Waals surface area (Å²) in [6.45, 7) is 1.96. The Labute approximate surface area is 231 Å². The fourth-order valence-electron chi connectivity index (χ4n) is 5.18. The number of hydrogen-bond donors (Lipinski definition) is 4. The number of carbonyl (C=O) groups excluding carboxylic acids is 2. The Balaban J connectivity index is 1.35. The van der Waals surface area contributed by atoms with Crippen molar-refractivity contribution in [3.8, 4) is 0 Å². The molecule has 0 saturated carbocycles. The molecule has 2 atom stereocenters. The molecule has 0 fully saturated rings. The van der Waals surface area contributed by atoms with Crippen LogP contribution in [0.3, 0.4) is 0 Å². The molecule has 5 rings (SSSR count). The number of amides is 2. The molecule has 0 unspecified atom stereocenters. The lowest BCUT2D eigenvalue weighted by atomic mass is 9.83. The zero-order chi connectivity index (χ0) is 27.6. The van der Waals surface area contributed by atoms with Crippen LogP contribution in [-0.4, -0.2) is 33.6 Å². The van der Waals surface area contributed by atoms with Gasteiger partial charge in [0.2, 0.25) is 5.91 Å². The van der Waals surface area contributed by atoms with Crippen molar-refractivity contribution in [1.82, 2.24) is 4.98 Å². The Morgan fingerprint density at radius 3 is 2.79 bits per heavy atom. The summed E-state index contributed by atoms with van der Waals surface area (Å²) in [5, 5.41) is 25.2. The summed E-state index contributed by atoms with van der Waals surface area (Å²) in [4.78, 5) is 31.3. The number of anilines is 2. The molecule has 39 heavy (non-hydrogen) atoms. The van der Waals surface area contributed by atoms with E-state index >= 15 is 0 Å². The van der Waals surface area contributed by atoms with E-state index in [4.69, 9.17) is 16.7 Å². The first-order chi connectivity index (χ1) is 18.8. The van der Waals surface area contributed by atoms with Gasteiger partial charge in [0, 0.05) is 45.9 Å². The molecule has 0 saturated heterocycles. The van der Waals surface area contributed by atoms with Crippen LogP contribution in [-0.2, 0) is 28.2 Å². The van der Waals surface area contributed by atoms with Gasteiger partial charge in [0.05, 0.1) is 18.7 Å². The van der Waals surface area contributed by atoms with Crippen molar-refractivity contribution in [1.29, 1.82) is 0 Å². The number of fused-ring (bicyclic) bond motifs is 2. The van der Waals surface area contributed by atoms with Gasteiger partial charge in [-0.25, -0.2) is 0 Å². The number of aliphatic hydroxyl groups is 2. The van der Waals surface area contributed by atoms with Crippen LogP contribution in [0.25, 0.3) is 10.9 Å². The number of nitrogens with zero attached hydrogens (tertiary/aromatic N) is 1. The molecular formula is C31H30ClN3O4. The minimum absolute atomic E-state index is 0.0151. The topological polar surface area (TPSA) is 106 Å². The highest BCUT2D eigenvalue weighted by Gasteiger charge is 2.52. The monoisotopic (exact) mass is 543 g/mol. The van der Waals surface area contributed by atoms with E-state index in [0.29, 0.717) is 28.4 Å². The number of H-pyrrole nitrogens is 1. The maximum atomic E-state index is 13.7. The number of nitrogens with one attached hydrogen (secondary N) is 2. The molecule has 1 aromatic heterocycles. The van der Waals surface area contributed by atoms with Gasteiger partial charge in [0.15, 0.2) is 5.60 Å². The fourth-order valence-corrected chi connectivity index (χ4v) is 5.35. The van der Waals surface area contributed by atoms with Crippen molar-refractivity contribution in [3.05, 3.63) is 107 Å². The molecule has 2 amide bonds. The lowest BCUT2D eigenvalue weighted by Gasteiger charge is -2.27. The van der Waals surface area contributed by atoms with Gasteiger partial charge in [0.25, 0.3) is 5.91 Å². The first-order valence-electron chi connectivity index (χ1n) is 12.9. The number of halogens is 1. The molecule has 2 heterocycles. The largest absolute Gasteiger partial charge is 0.396 e. The Morgan fingerprint density at radius 2 is 1.97 bits per heavy atom. The molecule has 200 valence electrons. The number of hydrogen-bond acceptors (Lipinski definition) is 4. The van der Waals surface area contributed by atoms with Gasteiger partial charge in [-0.3, -0.25) is 9.59 Å². The number of rotatable bonds is 9. The summed E-state index contributed by atoms with van der Waals surface area (Å²) >= 11 is 6.26. The van der Waals surface area contributed by atoms with Gasteiger partial charge < -0.3 is 25.4 Å². The third-order valence-corrected chi connectivity index (χ3v) is 7.42. The van der Waals surface area contributed by atoms with Crippen LogP contribution in [0.5, 0.6) is 0 Å². The number of aromatic amines is 1. The van der Waals surface area contributed by atoms with Gasteiger partial charge in [-0.05, 0) is 53.9 Å². The first kappa shape index (κ1) is 26.7. The molecule has 0 bridgehead atoms. The van der Waals surface area contributed by atoms with Gasteiger partial charge in [0.1, 0.15) is 0 Å². The van der Waals surface area contributed by atoms with Crippen LogP contribution in [0, 0.1) is 5.92 Å². The minimum Gasteiger partial charge on any atom is -0.396 e. The van der Waals surface area contributed by atoms with E-state index in [1.165, 1.54) is 0 Å². The molecule has 0 spiro atoms. The predicted molar refractivity (Wildman–Crippen MR) is 154 cm³/mol. The summed E-state index contributed by atoms with van der Waals surface area (Å²) in [5.74, 6) is -1.14. The average Bonchev–Trinajstić information content (AvgIpc) is 3.42. The lowest BCUT2D eigenvalue weighted by molar-refractivity contribution is -0.139. The van der Waals surface area contributed by atoms with Gasteiger partial charge in [-0.1, -0.05) is 61.0 Å². The molecular weight excluding hydrogens is 514 g/mol. The van der Waals surface area contributed by atoms with Crippen molar-refractivity contribution in [2.75, 3.05) is 16.8 Å². The maximum absolute atomic E-state index is 13.7. The molecule has 4 aromatic rings. The van der Waals surface area contributed by atoms with E-state index in [1.54, 1.807) is 48.2 Å².